The second-order valence-electron chi connectivity index (χ2n) is 10.6. The summed E-state index contributed by atoms with van der Waals surface area (Å²) < 4.78 is 13.5. The first-order chi connectivity index (χ1) is 19.2. The van der Waals surface area contributed by atoms with E-state index in [4.69, 9.17) is 37.7 Å². The van der Waals surface area contributed by atoms with Gasteiger partial charge in [-0.3, -0.25) is 4.90 Å². The molecule has 5 rings (SSSR count). The lowest BCUT2D eigenvalue weighted by molar-refractivity contribution is 0.0137. The van der Waals surface area contributed by atoms with Gasteiger partial charge in [0, 0.05) is 38.3 Å². The molecule has 4 aromatic rings. The Hall–Kier alpha value is -3.40. The van der Waals surface area contributed by atoms with Crippen molar-refractivity contribution in [1.82, 2.24) is 29.3 Å². The number of ether oxygens (including phenoxy) is 2. The average Bonchev–Trinajstić information content (AvgIpc) is 3.28. The zero-order valence-electron chi connectivity index (χ0n) is 22.8. The Bertz CT molecular complexity index is 1480. The summed E-state index contributed by atoms with van der Waals surface area (Å²) in [6, 6.07) is 15.7. The van der Waals surface area contributed by atoms with Crippen LogP contribution in [0.1, 0.15) is 26.3 Å². The van der Waals surface area contributed by atoms with Crippen molar-refractivity contribution in [3.63, 3.8) is 0 Å². The van der Waals surface area contributed by atoms with Gasteiger partial charge in [0.15, 0.2) is 10.8 Å². The highest BCUT2D eigenvalue weighted by Crippen LogP contribution is 2.34. The maximum absolute atomic E-state index is 12.3. The lowest BCUT2D eigenvalue weighted by Crippen LogP contribution is -2.50. The van der Waals surface area contributed by atoms with Gasteiger partial charge in [0.25, 0.3) is 0 Å². The Balaban J connectivity index is 1.24. The van der Waals surface area contributed by atoms with Crippen molar-refractivity contribution in [3.8, 4) is 17.1 Å². The standard InChI is InChI=1S/C29H32Cl2N6O3/c1-29(2,3)40-28(38)36-13-11-35(12-14-36)15-16-39-21-9-10-22(23(30)17-21)26-34-24-25(31)32-19-33-27(24)37(26)18-20-7-5-4-6-8-20/h4-10,17,19H,11-16,18H2,1-3H3. The molecular formula is C29H32Cl2N6O3. The molecular weight excluding hydrogens is 551 g/mol. The number of amides is 1. The number of benzene rings is 2. The molecule has 1 fully saturated rings. The Labute approximate surface area is 243 Å². The first kappa shape index (κ1) is 28.1. The number of hydrogen-bond acceptors (Lipinski definition) is 7. The first-order valence-electron chi connectivity index (χ1n) is 13.2. The van der Waals surface area contributed by atoms with E-state index in [1.807, 2.05) is 67.8 Å². The number of carbonyl (C=O) groups excluding carboxylic acids is 1. The van der Waals surface area contributed by atoms with Gasteiger partial charge in [-0.25, -0.2) is 19.7 Å². The van der Waals surface area contributed by atoms with Crippen LogP contribution < -0.4 is 4.74 Å². The molecule has 1 amide bonds. The quantitative estimate of drug-likeness (QED) is 0.255. The van der Waals surface area contributed by atoms with E-state index in [-0.39, 0.29) is 6.09 Å². The Morgan fingerprint density at radius 2 is 1.75 bits per heavy atom. The Kier molecular flexibility index (Phi) is 8.44. The molecule has 0 N–H and O–H groups in total. The number of rotatable bonds is 7. The molecule has 2 aromatic carbocycles. The first-order valence-corrected chi connectivity index (χ1v) is 14.0. The molecule has 0 radical (unpaired) electrons. The van der Waals surface area contributed by atoms with Gasteiger partial charge in [0.2, 0.25) is 0 Å². The molecule has 210 valence electrons. The summed E-state index contributed by atoms with van der Waals surface area (Å²) in [6.45, 7) is 10.2. The summed E-state index contributed by atoms with van der Waals surface area (Å²) in [5, 5.41) is 0.804. The summed E-state index contributed by atoms with van der Waals surface area (Å²) in [5.74, 6) is 1.32. The van der Waals surface area contributed by atoms with E-state index in [0.29, 0.717) is 59.2 Å². The summed E-state index contributed by atoms with van der Waals surface area (Å²) in [5.41, 5.74) is 2.52. The summed E-state index contributed by atoms with van der Waals surface area (Å²) in [4.78, 5) is 29.6. The minimum Gasteiger partial charge on any atom is -0.492 e. The number of carbonyl (C=O) groups is 1. The third kappa shape index (κ3) is 6.66. The molecule has 1 aliphatic rings. The zero-order chi connectivity index (χ0) is 28.3. The van der Waals surface area contributed by atoms with Crippen molar-refractivity contribution in [2.45, 2.75) is 32.9 Å². The van der Waals surface area contributed by atoms with Gasteiger partial charge in [0.05, 0.1) is 11.6 Å². The van der Waals surface area contributed by atoms with Crippen LogP contribution in [-0.4, -0.2) is 80.3 Å². The molecule has 2 aromatic heterocycles. The normalized spacial score (nSPS) is 14.5. The fraction of sp³-hybridized carbons (Fsp3) is 0.379. The van der Waals surface area contributed by atoms with Crippen LogP contribution in [0.4, 0.5) is 4.79 Å². The number of halogens is 2. The minimum atomic E-state index is -0.492. The van der Waals surface area contributed by atoms with Gasteiger partial charge in [-0.05, 0) is 44.5 Å². The molecule has 11 heteroatoms. The molecule has 0 unspecified atom stereocenters. The van der Waals surface area contributed by atoms with Crippen LogP contribution in [0.15, 0.2) is 54.9 Å². The highest BCUT2D eigenvalue weighted by Gasteiger charge is 2.26. The SMILES string of the molecule is CC(C)(C)OC(=O)N1CCN(CCOc2ccc(-c3nc4c(Cl)ncnc4n3Cc3ccccc3)c(Cl)c2)CC1. The molecule has 0 aliphatic carbocycles. The largest absolute Gasteiger partial charge is 0.492 e. The van der Waals surface area contributed by atoms with Gasteiger partial charge < -0.3 is 18.9 Å². The number of hydrogen-bond donors (Lipinski definition) is 0. The van der Waals surface area contributed by atoms with Crippen LogP contribution in [-0.2, 0) is 11.3 Å². The average molecular weight is 584 g/mol. The minimum absolute atomic E-state index is 0.259. The molecule has 0 atom stereocenters. The van der Waals surface area contributed by atoms with Crippen LogP contribution in [0.3, 0.4) is 0 Å². The molecule has 1 saturated heterocycles. The van der Waals surface area contributed by atoms with Crippen LogP contribution in [0.25, 0.3) is 22.6 Å². The van der Waals surface area contributed by atoms with Gasteiger partial charge in [-0.1, -0.05) is 53.5 Å². The van der Waals surface area contributed by atoms with Crippen LogP contribution in [0.5, 0.6) is 5.75 Å². The van der Waals surface area contributed by atoms with Gasteiger partial charge >= 0.3 is 6.09 Å². The van der Waals surface area contributed by atoms with Gasteiger partial charge in [-0.2, -0.15) is 0 Å². The van der Waals surface area contributed by atoms with Crippen LogP contribution in [0, 0.1) is 0 Å². The zero-order valence-corrected chi connectivity index (χ0v) is 24.3. The molecule has 0 bridgehead atoms. The fourth-order valence-electron chi connectivity index (χ4n) is 4.57. The van der Waals surface area contributed by atoms with Crippen LogP contribution >= 0.6 is 23.2 Å². The topological polar surface area (TPSA) is 85.6 Å². The van der Waals surface area contributed by atoms with Crippen molar-refractivity contribution in [3.05, 3.63) is 70.6 Å². The lowest BCUT2D eigenvalue weighted by Gasteiger charge is -2.35. The third-order valence-corrected chi connectivity index (χ3v) is 7.14. The summed E-state index contributed by atoms with van der Waals surface area (Å²) in [7, 11) is 0. The van der Waals surface area contributed by atoms with E-state index in [1.165, 1.54) is 6.33 Å². The van der Waals surface area contributed by atoms with Crippen molar-refractivity contribution >= 4 is 40.5 Å². The van der Waals surface area contributed by atoms with Crippen molar-refractivity contribution < 1.29 is 14.3 Å². The Morgan fingerprint density at radius 1 is 1.00 bits per heavy atom. The second-order valence-corrected chi connectivity index (χ2v) is 11.4. The fourth-order valence-corrected chi connectivity index (χ4v) is 5.00. The van der Waals surface area contributed by atoms with E-state index in [2.05, 4.69) is 14.9 Å². The maximum Gasteiger partial charge on any atom is 0.410 e. The van der Waals surface area contributed by atoms with E-state index >= 15 is 0 Å². The van der Waals surface area contributed by atoms with E-state index < -0.39 is 5.60 Å². The third-order valence-electron chi connectivity index (χ3n) is 6.55. The van der Waals surface area contributed by atoms with E-state index in [0.717, 1.165) is 30.8 Å². The highest BCUT2D eigenvalue weighted by molar-refractivity contribution is 6.34. The number of fused-ring (bicyclic) bond motifs is 1. The number of nitrogens with zero attached hydrogens (tertiary/aromatic N) is 6. The predicted molar refractivity (Wildman–Crippen MR) is 156 cm³/mol. The smallest absolute Gasteiger partial charge is 0.410 e. The second kappa shape index (κ2) is 12.0. The monoisotopic (exact) mass is 582 g/mol. The Morgan fingerprint density at radius 3 is 2.45 bits per heavy atom. The number of piperazine rings is 1. The molecule has 0 spiro atoms. The van der Waals surface area contributed by atoms with E-state index in [1.54, 1.807) is 11.0 Å². The van der Waals surface area contributed by atoms with Crippen molar-refractivity contribution in [2.24, 2.45) is 0 Å². The van der Waals surface area contributed by atoms with Gasteiger partial charge in [0.1, 0.15) is 35.6 Å². The molecule has 9 nitrogen and oxygen atoms in total. The summed E-state index contributed by atoms with van der Waals surface area (Å²) >= 11 is 13.1. The lowest BCUT2D eigenvalue weighted by atomic mass is 10.2. The molecule has 40 heavy (non-hydrogen) atoms. The molecule has 3 heterocycles. The van der Waals surface area contributed by atoms with E-state index in [9.17, 15) is 4.79 Å². The van der Waals surface area contributed by atoms with Crippen molar-refractivity contribution in [1.29, 1.82) is 0 Å². The van der Waals surface area contributed by atoms with Gasteiger partial charge in [-0.15, -0.1) is 0 Å². The molecule has 0 saturated carbocycles. The highest BCUT2D eigenvalue weighted by atomic mass is 35.5. The number of aromatic nitrogens is 4. The molecule has 1 aliphatic heterocycles. The predicted octanol–water partition coefficient (Wildman–Crippen LogP) is 5.78. The summed E-state index contributed by atoms with van der Waals surface area (Å²) in [6.07, 6.45) is 1.18. The van der Waals surface area contributed by atoms with Crippen LogP contribution in [0.2, 0.25) is 10.2 Å². The maximum atomic E-state index is 12.3. The number of imidazole rings is 1. The van der Waals surface area contributed by atoms with Crippen molar-refractivity contribution in [2.75, 3.05) is 39.3 Å².